The molecule has 0 unspecified atom stereocenters. The van der Waals surface area contributed by atoms with E-state index in [4.69, 9.17) is 5.14 Å². The van der Waals surface area contributed by atoms with E-state index in [1.807, 2.05) is 19.1 Å². The Labute approximate surface area is 145 Å². The molecule has 1 heterocycles. The monoisotopic (exact) mass is 359 g/mol. The predicted molar refractivity (Wildman–Crippen MR) is 93.5 cm³/mol. The van der Waals surface area contributed by atoms with Gasteiger partial charge >= 0.3 is 0 Å². The number of rotatable bonds is 4. The van der Waals surface area contributed by atoms with Gasteiger partial charge in [0.2, 0.25) is 15.9 Å². The lowest BCUT2D eigenvalue weighted by Gasteiger charge is -2.16. The molecule has 2 aromatic rings. The Balaban J connectivity index is 1.77. The van der Waals surface area contributed by atoms with Crippen LogP contribution in [0, 0.1) is 6.92 Å². The second-order valence-electron chi connectivity index (χ2n) is 5.87. The average Bonchev–Trinajstić information content (AvgIpc) is 2.82. The Morgan fingerprint density at radius 3 is 2.20 bits per heavy atom. The fourth-order valence-electron chi connectivity index (χ4n) is 2.65. The Bertz CT molecular complexity index is 921. The molecule has 0 radical (unpaired) electrons. The summed E-state index contributed by atoms with van der Waals surface area (Å²) in [6.45, 7) is 1.92. The molecule has 1 saturated heterocycles. The number of anilines is 2. The van der Waals surface area contributed by atoms with E-state index in [-0.39, 0.29) is 23.1 Å². The molecule has 1 atom stereocenters. The molecule has 2 amide bonds. The number of nitrogens with one attached hydrogen (secondary N) is 1. The van der Waals surface area contributed by atoms with Crippen LogP contribution in [0.1, 0.15) is 12.0 Å². The molecular weight excluding hydrogens is 342 g/mol. The number of hydrogen-bond acceptors (Lipinski definition) is 5. The van der Waals surface area contributed by atoms with Crippen LogP contribution in [0.5, 0.6) is 0 Å². The summed E-state index contributed by atoms with van der Waals surface area (Å²) >= 11 is 0. The molecule has 0 spiro atoms. The summed E-state index contributed by atoms with van der Waals surface area (Å²) in [5, 5.41) is 8.01. The van der Waals surface area contributed by atoms with Crippen LogP contribution in [0.2, 0.25) is 0 Å². The van der Waals surface area contributed by atoms with Gasteiger partial charge in [0.05, 0.1) is 17.0 Å². The average molecular weight is 359 g/mol. The van der Waals surface area contributed by atoms with Crippen molar-refractivity contribution in [1.82, 2.24) is 0 Å². The maximum Gasteiger partial charge on any atom is 0.256 e. The molecule has 8 heteroatoms. The minimum absolute atomic E-state index is 0.0202. The highest BCUT2D eigenvalue weighted by Crippen LogP contribution is 2.25. The van der Waals surface area contributed by atoms with Crippen molar-refractivity contribution >= 4 is 33.2 Å². The molecular formula is C17H17N3O4S. The Kier molecular flexibility index (Phi) is 4.32. The molecule has 7 nitrogen and oxygen atoms in total. The molecule has 3 N–H and O–H groups in total. The van der Waals surface area contributed by atoms with Crippen molar-refractivity contribution in [2.24, 2.45) is 5.14 Å². The fraction of sp³-hybridized carbons (Fsp3) is 0.176. The van der Waals surface area contributed by atoms with Crippen LogP contribution >= 0.6 is 0 Å². The van der Waals surface area contributed by atoms with Crippen LogP contribution in [-0.4, -0.2) is 26.3 Å². The molecule has 0 aromatic heterocycles. The summed E-state index contributed by atoms with van der Waals surface area (Å²) < 4.78 is 22.5. The number of imide groups is 1. The summed E-state index contributed by atoms with van der Waals surface area (Å²) in [4.78, 5) is 25.9. The van der Waals surface area contributed by atoms with Gasteiger partial charge in [0.25, 0.3) is 5.91 Å². The van der Waals surface area contributed by atoms with Gasteiger partial charge < -0.3 is 5.32 Å². The van der Waals surface area contributed by atoms with Gasteiger partial charge in [0.15, 0.2) is 0 Å². The van der Waals surface area contributed by atoms with Crippen molar-refractivity contribution in [3.63, 3.8) is 0 Å². The first kappa shape index (κ1) is 17.1. The molecule has 1 fully saturated rings. The van der Waals surface area contributed by atoms with Gasteiger partial charge in [-0.15, -0.1) is 0 Å². The van der Waals surface area contributed by atoms with Crippen molar-refractivity contribution in [1.29, 1.82) is 0 Å². The van der Waals surface area contributed by atoms with Crippen molar-refractivity contribution in [3.8, 4) is 0 Å². The van der Waals surface area contributed by atoms with E-state index in [0.717, 1.165) is 10.5 Å². The molecule has 2 aromatic carbocycles. The van der Waals surface area contributed by atoms with Gasteiger partial charge in [0.1, 0.15) is 6.04 Å². The van der Waals surface area contributed by atoms with Crippen LogP contribution in [-0.2, 0) is 19.6 Å². The van der Waals surface area contributed by atoms with E-state index in [0.29, 0.717) is 11.4 Å². The second kappa shape index (κ2) is 6.30. The number of benzene rings is 2. The maximum atomic E-state index is 12.6. The van der Waals surface area contributed by atoms with Crippen molar-refractivity contribution < 1.29 is 18.0 Å². The third-order valence-corrected chi connectivity index (χ3v) is 4.89. The zero-order chi connectivity index (χ0) is 18.2. The number of hydrogen-bond donors (Lipinski definition) is 2. The lowest BCUT2D eigenvalue weighted by Crippen LogP contribution is -2.34. The molecule has 3 rings (SSSR count). The van der Waals surface area contributed by atoms with Crippen LogP contribution in [0.25, 0.3) is 0 Å². The van der Waals surface area contributed by atoms with Crippen LogP contribution in [0.3, 0.4) is 0 Å². The lowest BCUT2D eigenvalue weighted by atomic mass is 10.2. The van der Waals surface area contributed by atoms with Gasteiger partial charge in [0, 0.05) is 5.69 Å². The summed E-state index contributed by atoms with van der Waals surface area (Å²) in [6, 6.07) is 12.1. The van der Waals surface area contributed by atoms with Gasteiger partial charge in [-0.1, -0.05) is 17.7 Å². The van der Waals surface area contributed by atoms with E-state index in [9.17, 15) is 18.0 Å². The van der Waals surface area contributed by atoms with Gasteiger partial charge in [-0.3, -0.25) is 9.59 Å². The number of amides is 2. The smallest absolute Gasteiger partial charge is 0.256 e. The quantitative estimate of drug-likeness (QED) is 0.802. The molecule has 0 bridgehead atoms. The maximum absolute atomic E-state index is 12.6. The van der Waals surface area contributed by atoms with Crippen LogP contribution in [0.4, 0.5) is 11.4 Å². The minimum Gasteiger partial charge on any atom is -0.373 e. The molecule has 0 aliphatic carbocycles. The number of nitrogens with zero attached hydrogens (tertiary/aromatic N) is 1. The first-order valence-corrected chi connectivity index (χ1v) is 9.13. The third-order valence-electron chi connectivity index (χ3n) is 3.96. The van der Waals surface area contributed by atoms with E-state index in [1.54, 1.807) is 12.1 Å². The SMILES string of the molecule is Cc1ccc(N2C(=O)C[C@H](Nc3ccc(S(N)(=O)=O)cc3)C2=O)cc1. The molecule has 0 saturated carbocycles. The highest BCUT2D eigenvalue weighted by atomic mass is 32.2. The van der Waals surface area contributed by atoms with E-state index in [2.05, 4.69) is 5.32 Å². The summed E-state index contributed by atoms with van der Waals surface area (Å²) in [5.74, 6) is -0.628. The highest BCUT2D eigenvalue weighted by molar-refractivity contribution is 7.89. The Morgan fingerprint density at radius 2 is 1.64 bits per heavy atom. The Hall–Kier alpha value is -2.71. The van der Waals surface area contributed by atoms with Crippen LogP contribution < -0.4 is 15.4 Å². The molecule has 130 valence electrons. The molecule has 1 aliphatic rings. The zero-order valence-corrected chi connectivity index (χ0v) is 14.3. The first-order chi connectivity index (χ1) is 11.8. The van der Waals surface area contributed by atoms with E-state index >= 15 is 0 Å². The van der Waals surface area contributed by atoms with Gasteiger partial charge in [-0.2, -0.15) is 0 Å². The summed E-state index contributed by atoms with van der Waals surface area (Å²) in [5.41, 5.74) is 2.10. The van der Waals surface area contributed by atoms with E-state index in [1.165, 1.54) is 24.3 Å². The number of carbonyl (C=O) groups excluding carboxylic acids is 2. The topological polar surface area (TPSA) is 110 Å². The summed E-state index contributed by atoms with van der Waals surface area (Å²) in [7, 11) is -3.77. The third kappa shape index (κ3) is 3.54. The number of carbonyl (C=O) groups is 2. The number of sulfonamides is 1. The predicted octanol–water partition coefficient (Wildman–Crippen LogP) is 1.39. The standard InChI is InChI=1S/C17H17N3O4S/c1-11-2-6-13(7-3-11)20-16(21)10-15(17(20)22)19-12-4-8-14(9-5-12)25(18,23)24/h2-9,15,19H,10H2,1H3,(H2,18,23,24)/t15-/m0/s1. The zero-order valence-electron chi connectivity index (χ0n) is 13.5. The van der Waals surface area contributed by atoms with Crippen molar-refractivity contribution in [2.45, 2.75) is 24.3 Å². The molecule has 1 aliphatic heterocycles. The largest absolute Gasteiger partial charge is 0.373 e. The van der Waals surface area contributed by atoms with Gasteiger partial charge in [-0.25, -0.2) is 18.5 Å². The molecule has 25 heavy (non-hydrogen) atoms. The Morgan fingerprint density at radius 1 is 1.04 bits per heavy atom. The number of aryl methyl sites for hydroxylation is 1. The lowest BCUT2D eigenvalue weighted by molar-refractivity contribution is -0.121. The second-order valence-corrected chi connectivity index (χ2v) is 7.43. The van der Waals surface area contributed by atoms with Crippen LogP contribution in [0.15, 0.2) is 53.4 Å². The van der Waals surface area contributed by atoms with Crippen molar-refractivity contribution in [2.75, 3.05) is 10.2 Å². The first-order valence-electron chi connectivity index (χ1n) is 7.58. The highest BCUT2D eigenvalue weighted by Gasteiger charge is 2.39. The summed E-state index contributed by atoms with van der Waals surface area (Å²) in [6.07, 6.45) is 0.0314. The minimum atomic E-state index is -3.77. The number of primary sulfonamides is 1. The van der Waals surface area contributed by atoms with Crippen molar-refractivity contribution in [3.05, 3.63) is 54.1 Å². The number of nitrogens with two attached hydrogens (primary N) is 1. The van der Waals surface area contributed by atoms with E-state index < -0.39 is 16.1 Å². The normalized spacial score (nSPS) is 17.8. The van der Waals surface area contributed by atoms with Gasteiger partial charge in [-0.05, 0) is 43.3 Å². The fourth-order valence-corrected chi connectivity index (χ4v) is 3.17.